The maximum absolute atomic E-state index is 14.4. The molecule has 28 heavy (non-hydrogen) atoms. The Hall–Kier alpha value is -1.99. The molecule has 0 radical (unpaired) electrons. The summed E-state index contributed by atoms with van der Waals surface area (Å²) in [5, 5.41) is 0. The number of Topliss-reactive ketones (excluding diaryl/α,β-unsaturated/α-hetero) is 1. The second kappa shape index (κ2) is 8.17. The molecule has 1 N–H and O–H groups in total. The molecule has 0 aliphatic rings. The van der Waals surface area contributed by atoms with Crippen molar-refractivity contribution in [1.82, 2.24) is 4.72 Å². The first-order chi connectivity index (χ1) is 12.9. The number of aryl methyl sites for hydroxylation is 1. The number of benzene rings is 2. The largest absolute Gasteiger partial charge is 0.412 e. The molecule has 0 heterocycles. The smallest absolute Gasteiger partial charge is 0.294 e. The van der Waals surface area contributed by atoms with E-state index in [1.807, 2.05) is 0 Å². The number of hydrogen-bond acceptors (Lipinski definition) is 2. The van der Waals surface area contributed by atoms with Gasteiger partial charge in [-0.05, 0) is 38.8 Å². The first-order valence-electron chi connectivity index (χ1n) is 8.79. The third-order valence-electron chi connectivity index (χ3n) is 4.44. The normalized spacial score (nSPS) is 15.7. The maximum atomic E-state index is 14.4. The van der Waals surface area contributed by atoms with Gasteiger partial charge in [0.05, 0.1) is 15.7 Å². The van der Waals surface area contributed by atoms with E-state index in [4.69, 9.17) is 0 Å². The lowest BCUT2D eigenvalue weighted by molar-refractivity contribution is -0.193. The maximum Gasteiger partial charge on any atom is 0.412 e. The van der Waals surface area contributed by atoms with Crippen molar-refractivity contribution < 1.29 is 22.2 Å². The summed E-state index contributed by atoms with van der Waals surface area (Å²) in [7, 11) is -2.05. The third kappa shape index (κ3) is 4.70. The van der Waals surface area contributed by atoms with Gasteiger partial charge >= 0.3 is 6.18 Å². The highest BCUT2D eigenvalue weighted by Gasteiger charge is 2.58. The molecular formula is C21H24F3NO2S. The van der Waals surface area contributed by atoms with E-state index in [9.17, 15) is 22.2 Å². The zero-order valence-electron chi connectivity index (χ0n) is 16.3. The number of nitrogens with one attached hydrogen (secondary N) is 1. The van der Waals surface area contributed by atoms with Crippen molar-refractivity contribution in [2.24, 2.45) is 0 Å². The highest BCUT2D eigenvalue weighted by Crippen LogP contribution is 2.43. The minimum Gasteiger partial charge on any atom is -0.294 e. The zero-order valence-corrected chi connectivity index (χ0v) is 17.1. The van der Waals surface area contributed by atoms with Crippen molar-refractivity contribution in [2.45, 2.75) is 50.6 Å². The number of rotatable bonds is 6. The van der Waals surface area contributed by atoms with Crippen LogP contribution in [0.4, 0.5) is 13.2 Å². The summed E-state index contributed by atoms with van der Waals surface area (Å²) < 4.78 is 57.3. The molecule has 0 amide bonds. The van der Waals surface area contributed by atoms with E-state index in [-0.39, 0.29) is 11.1 Å². The van der Waals surface area contributed by atoms with Crippen LogP contribution in [-0.2, 0) is 16.5 Å². The van der Waals surface area contributed by atoms with E-state index in [2.05, 4.69) is 4.72 Å². The van der Waals surface area contributed by atoms with Gasteiger partial charge in [0.25, 0.3) is 0 Å². The Balaban J connectivity index is 2.61. The van der Waals surface area contributed by atoms with Crippen molar-refractivity contribution in [1.29, 1.82) is 0 Å². The minimum absolute atomic E-state index is 0.151. The van der Waals surface area contributed by atoms with Crippen LogP contribution in [0.2, 0.25) is 0 Å². The van der Waals surface area contributed by atoms with Crippen LogP contribution in [0.5, 0.6) is 0 Å². The number of alkyl halides is 3. The molecule has 0 spiro atoms. The Bertz CT molecular complexity index is 860. The predicted molar refractivity (Wildman–Crippen MR) is 105 cm³/mol. The lowest BCUT2D eigenvalue weighted by Crippen LogP contribution is -2.58. The molecular weight excluding hydrogens is 387 g/mol. The molecule has 152 valence electrons. The molecule has 1 unspecified atom stereocenters. The average molecular weight is 411 g/mol. The molecule has 0 aliphatic heterocycles. The van der Waals surface area contributed by atoms with Gasteiger partial charge in [-0.1, -0.05) is 54.6 Å². The summed E-state index contributed by atoms with van der Waals surface area (Å²) in [6.07, 6.45) is -5.75. The Labute approximate surface area is 165 Å². The van der Waals surface area contributed by atoms with Crippen LogP contribution in [0.1, 0.15) is 48.7 Å². The number of carbonyl (C=O) groups excluding carboxylic acids is 1. The van der Waals surface area contributed by atoms with Crippen LogP contribution in [0, 0.1) is 6.92 Å². The summed E-state index contributed by atoms with van der Waals surface area (Å²) in [6.45, 7) is 6.40. The first-order valence-corrected chi connectivity index (χ1v) is 9.94. The van der Waals surface area contributed by atoms with E-state index < -0.39 is 39.7 Å². The molecule has 3 nitrogen and oxygen atoms in total. The monoisotopic (exact) mass is 411 g/mol. The fraction of sp³-hybridized carbons (Fsp3) is 0.381. The van der Waals surface area contributed by atoms with Crippen LogP contribution in [0.3, 0.4) is 0 Å². The summed E-state index contributed by atoms with van der Waals surface area (Å²) in [5.41, 5.74) is -2.11. The number of hydrogen-bond donors (Lipinski definition) is 1. The molecule has 0 aromatic heterocycles. The van der Waals surface area contributed by atoms with Crippen molar-refractivity contribution in [2.75, 3.05) is 0 Å². The van der Waals surface area contributed by atoms with Gasteiger partial charge < -0.3 is 0 Å². The Morgan fingerprint density at radius 2 is 1.50 bits per heavy atom. The van der Waals surface area contributed by atoms with E-state index in [0.29, 0.717) is 5.56 Å². The van der Waals surface area contributed by atoms with Gasteiger partial charge in [-0.15, -0.1) is 0 Å². The van der Waals surface area contributed by atoms with Crippen LogP contribution < -0.4 is 4.72 Å². The molecule has 0 fully saturated rings. The van der Waals surface area contributed by atoms with Crippen LogP contribution in [0.25, 0.3) is 0 Å². The predicted octanol–water partition coefficient (Wildman–Crippen LogP) is 5.08. The molecule has 0 saturated heterocycles. The first kappa shape index (κ1) is 22.3. The summed E-state index contributed by atoms with van der Waals surface area (Å²) in [5.74, 6) is -0.669. The van der Waals surface area contributed by atoms with Crippen molar-refractivity contribution >= 4 is 16.8 Å². The van der Waals surface area contributed by atoms with Crippen LogP contribution >= 0.6 is 0 Å². The molecule has 2 rings (SSSR count). The quantitative estimate of drug-likeness (QED) is 0.674. The second-order valence-corrected chi connectivity index (χ2v) is 9.63. The topological polar surface area (TPSA) is 46.2 Å². The summed E-state index contributed by atoms with van der Waals surface area (Å²) in [6, 6.07) is 13.6. The second-order valence-electron chi connectivity index (χ2n) is 7.67. The fourth-order valence-electron chi connectivity index (χ4n) is 2.77. The van der Waals surface area contributed by atoms with Gasteiger partial charge in [-0.3, -0.25) is 4.79 Å². The molecule has 7 heteroatoms. The molecule has 0 aliphatic carbocycles. The molecule has 0 saturated carbocycles. The molecule has 2 atom stereocenters. The lowest BCUT2D eigenvalue weighted by Gasteiger charge is -2.38. The van der Waals surface area contributed by atoms with Crippen LogP contribution in [-0.4, -0.2) is 20.9 Å². The van der Waals surface area contributed by atoms with Gasteiger partial charge in [0.2, 0.25) is 0 Å². The lowest BCUT2D eigenvalue weighted by atomic mass is 9.83. The number of carbonyl (C=O) groups is 1. The zero-order chi connectivity index (χ0) is 21.2. The fourth-order valence-corrected chi connectivity index (χ4v) is 3.70. The summed E-state index contributed by atoms with van der Waals surface area (Å²) in [4.78, 5) is 12.9. The van der Waals surface area contributed by atoms with Gasteiger partial charge in [0, 0.05) is 12.0 Å². The standard InChI is InChI=1S/C21H24F3NO2S/c1-15-10-8-9-13-17(15)18(26)14-20(21(22,23)24,16-11-6-5-7-12-16)25-28(27)19(2,3)4/h5-13,25H,14H2,1-4H3/t20-,28?/m1/s1. The number of ketones is 1. The minimum atomic E-state index is -4.85. The van der Waals surface area contributed by atoms with E-state index >= 15 is 0 Å². The molecule has 2 aromatic carbocycles. The van der Waals surface area contributed by atoms with Gasteiger partial charge in [-0.25, -0.2) is 8.93 Å². The van der Waals surface area contributed by atoms with E-state index in [0.717, 1.165) is 0 Å². The highest BCUT2D eigenvalue weighted by atomic mass is 32.2. The molecule has 0 bridgehead atoms. The van der Waals surface area contributed by atoms with Gasteiger partial charge in [-0.2, -0.15) is 13.2 Å². The molecule has 2 aromatic rings. The van der Waals surface area contributed by atoms with Gasteiger partial charge in [0.15, 0.2) is 11.3 Å². The van der Waals surface area contributed by atoms with Crippen LogP contribution in [0.15, 0.2) is 54.6 Å². The highest BCUT2D eigenvalue weighted by molar-refractivity contribution is 7.84. The van der Waals surface area contributed by atoms with E-state index in [1.165, 1.54) is 30.3 Å². The number of halogens is 3. The van der Waals surface area contributed by atoms with Crippen molar-refractivity contribution in [3.8, 4) is 0 Å². The Morgan fingerprint density at radius 1 is 0.964 bits per heavy atom. The Kier molecular flexibility index (Phi) is 6.51. The average Bonchev–Trinajstić information content (AvgIpc) is 2.60. The Morgan fingerprint density at radius 3 is 2.00 bits per heavy atom. The summed E-state index contributed by atoms with van der Waals surface area (Å²) >= 11 is 0. The SMILES string of the molecule is Cc1ccccc1C(=O)C[C@@](NS(=O)C(C)(C)C)(c1ccccc1)C(F)(F)F. The third-order valence-corrected chi connectivity index (χ3v) is 6.09. The van der Waals surface area contributed by atoms with Crippen molar-refractivity contribution in [3.63, 3.8) is 0 Å². The van der Waals surface area contributed by atoms with Crippen molar-refractivity contribution in [3.05, 3.63) is 71.3 Å². The van der Waals surface area contributed by atoms with E-state index in [1.54, 1.807) is 52.0 Å². The van der Waals surface area contributed by atoms with Gasteiger partial charge in [0.1, 0.15) is 0 Å².